The Hall–Kier alpha value is -2.95. The Balaban J connectivity index is 1.53. The van der Waals surface area contributed by atoms with Gasteiger partial charge in [0.1, 0.15) is 5.66 Å². The quantitative estimate of drug-likeness (QED) is 0.353. The molecule has 0 saturated carbocycles. The molecule has 0 aromatic heterocycles. The van der Waals surface area contributed by atoms with Gasteiger partial charge in [0, 0.05) is 24.1 Å². The molecule has 5 nitrogen and oxygen atoms in total. The van der Waals surface area contributed by atoms with Gasteiger partial charge in [0.25, 0.3) is 0 Å². The number of rotatable bonds is 11. The van der Waals surface area contributed by atoms with E-state index in [9.17, 15) is 4.79 Å². The molecule has 5 heteroatoms. The topological polar surface area (TPSA) is 50.8 Å². The molecule has 2 aromatic carbocycles. The summed E-state index contributed by atoms with van der Waals surface area (Å²) < 4.78 is 11.7. The van der Waals surface area contributed by atoms with Crippen molar-refractivity contribution in [2.24, 2.45) is 0 Å². The first-order valence-corrected chi connectivity index (χ1v) is 13.5. The smallest absolute Gasteiger partial charge is 0.223 e. The number of nitrogens with zero attached hydrogens (tertiary/aromatic N) is 1. The molecule has 2 heterocycles. The van der Waals surface area contributed by atoms with Gasteiger partial charge in [-0.25, -0.2) is 0 Å². The molecule has 0 spiro atoms. The number of carbonyl (C=O) groups excluding carboxylic acids is 1. The van der Waals surface area contributed by atoms with Gasteiger partial charge >= 0.3 is 0 Å². The van der Waals surface area contributed by atoms with E-state index in [-0.39, 0.29) is 11.3 Å². The van der Waals surface area contributed by atoms with E-state index >= 15 is 0 Å². The zero-order valence-corrected chi connectivity index (χ0v) is 22.7. The summed E-state index contributed by atoms with van der Waals surface area (Å²) in [6, 6.07) is 12.7. The highest BCUT2D eigenvalue weighted by Gasteiger charge is 2.57. The first kappa shape index (κ1) is 26.1. The number of hydrogen-bond acceptors (Lipinski definition) is 4. The van der Waals surface area contributed by atoms with E-state index in [0.717, 1.165) is 23.5 Å². The van der Waals surface area contributed by atoms with Gasteiger partial charge in [0.2, 0.25) is 5.91 Å². The maximum Gasteiger partial charge on any atom is 0.223 e. The first-order chi connectivity index (χ1) is 17.3. The molecule has 0 radical (unpaired) electrons. The van der Waals surface area contributed by atoms with Crippen molar-refractivity contribution in [2.75, 3.05) is 25.2 Å². The molecular formula is C31H42N2O3. The average molecular weight is 491 g/mol. The minimum atomic E-state index is -0.626. The van der Waals surface area contributed by atoms with Crippen LogP contribution in [0.4, 0.5) is 5.69 Å². The van der Waals surface area contributed by atoms with E-state index in [0.29, 0.717) is 19.6 Å². The number of unbranched alkanes of at least 4 members (excludes halogenated alkanes) is 5. The Labute approximate surface area is 216 Å². The molecule has 1 amide bonds. The van der Waals surface area contributed by atoms with Crippen LogP contribution in [0.15, 0.2) is 42.5 Å². The Kier molecular flexibility index (Phi) is 7.97. The van der Waals surface area contributed by atoms with Crippen LogP contribution in [0.3, 0.4) is 0 Å². The molecule has 0 aliphatic carbocycles. The van der Waals surface area contributed by atoms with Crippen LogP contribution in [0.25, 0.3) is 6.08 Å². The van der Waals surface area contributed by atoms with Crippen LogP contribution in [0.5, 0.6) is 11.5 Å². The van der Waals surface area contributed by atoms with Crippen molar-refractivity contribution in [3.63, 3.8) is 0 Å². The predicted molar refractivity (Wildman–Crippen MR) is 148 cm³/mol. The number of benzene rings is 2. The van der Waals surface area contributed by atoms with Gasteiger partial charge in [0.05, 0.1) is 13.7 Å². The molecule has 0 unspecified atom stereocenters. The van der Waals surface area contributed by atoms with Crippen LogP contribution in [-0.2, 0) is 10.2 Å². The monoisotopic (exact) mass is 490 g/mol. The van der Waals surface area contributed by atoms with E-state index in [2.05, 4.69) is 74.3 Å². The molecule has 1 atom stereocenters. The summed E-state index contributed by atoms with van der Waals surface area (Å²) in [5.41, 5.74) is 3.78. The normalized spacial score (nSPS) is 20.2. The summed E-state index contributed by atoms with van der Waals surface area (Å²) >= 11 is 0. The van der Waals surface area contributed by atoms with Gasteiger partial charge in [-0.05, 0) is 48.7 Å². The van der Waals surface area contributed by atoms with E-state index in [4.69, 9.17) is 9.47 Å². The molecule has 2 aromatic rings. The van der Waals surface area contributed by atoms with Crippen molar-refractivity contribution in [3.8, 4) is 11.5 Å². The standard InChI is InChI=1S/C31H42N2O3/c1-6-7-8-9-10-11-20-36-27-15-13-24(22-28(27)35-5)16-18-31-30(3,4)25-21-23(2)12-14-26(25)33(31)19-17-29(34)32-31/h12-16,18,21-22H,6-11,17,19-20H2,1-5H3,(H,32,34)/t31-/m1/s1. The van der Waals surface area contributed by atoms with Crippen molar-refractivity contribution < 1.29 is 14.3 Å². The van der Waals surface area contributed by atoms with Crippen molar-refractivity contribution in [2.45, 2.75) is 83.7 Å². The average Bonchev–Trinajstić information content (AvgIpc) is 3.05. The van der Waals surface area contributed by atoms with E-state index in [1.54, 1.807) is 7.11 Å². The molecular weight excluding hydrogens is 448 g/mol. The van der Waals surface area contributed by atoms with Crippen molar-refractivity contribution in [1.29, 1.82) is 0 Å². The maximum absolute atomic E-state index is 12.7. The summed E-state index contributed by atoms with van der Waals surface area (Å²) in [5.74, 6) is 1.59. The highest BCUT2D eigenvalue weighted by molar-refractivity contribution is 5.84. The summed E-state index contributed by atoms with van der Waals surface area (Å²) in [4.78, 5) is 15.0. The third-order valence-corrected chi connectivity index (χ3v) is 7.85. The lowest BCUT2D eigenvalue weighted by Gasteiger charge is -2.49. The van der Waals surface area contributed by atoms with E-state index in [1.165, 1.54) is 48.9 Å². The van der Waals surface area contributed by atoms with Crippen molar-refractivity contribution >= 4 is 17.7 Å². The van der Waals surface area contributed by atoms with Crippen LogP contribution < -0.4 is 19.7 Å². The minimum Gasteiger partial charge on any atom is -0.493 e. The number of anilines is 1. The predicted octanol–water partition coefficient (Wildman–Crippen LogP) is 6.77. The van der Waals surface area contributed by atoms with Crippen molar-refractivity contribution in [1.82, 2.24) is 5.32 Å². The van der Waals surface area contributed by atoms with Gasteiger partial charge in [-0.2, -0.15) is 0 Å². The fraction of sp³-hybridized carbons (Fsp3) is 0.516. The van der Waals surface area contributed by atoms with E-state index in [1.807, 2.05) is 12.1 Å². The molecule has 2 aliphatic heterocycles. The summed E-state index contributed by atoms with van der Waals surface area (Å²) in [5, 5.41) is 3.36. The number of nitrogens with one attached hydrogen (secondary N) is 1. The zero-order valence-electron chi connectivity index (χ0n) is 22.7. The van der Waals surface area contributed by atoms with Crippen LogP contribution >= 0.6 is 0 Å². The lowest BCUT2D eigenvalue weighted by Crippen LogP contribution is -2.68. The SMILES string of the molecule is CCCCCCCCOc1ccc(C=C[C@@]23NC(=O)CCN2c2ccc(C)cc2C3(C)C)cc1OC. The molecule has 194 valence electrons. The van der Waals surface area contributed by atoms with Crippen LogP contribution in [-0.4, -0.2) is 31.8 Å². The third-order valence-electron chi connectivity index (χ3n) is 7.85. The molecule has 1 N–H and O–H groups in total. The van der Waals surface area contributed by atoms with Gasteiger partial charge in [-0.1, -0.05) is 82.7 Å². The second-order valence-electron chi connectivity index (χ2n) is 10.7. The molecule has 1 fully saturated rings. The number of methoxy groups -OCH3 is 1. The Morgan fingerprint density at radius 2 is 1.81 bits per heavy atom. The molecule has 0 bridgehead atoms. The Morgan fingerprint density at radius 3 is 2.58 bits per heavy atom. The number of ether oxygens (including phenoxy) is 2. The fourth-order valence-electron chi connectivity index (χ4n) is 5.66. The first-order valence-electron chi connectivity index (χ1n) is 13.5. The van der Waals surface area contributed by atoms with Gasteiger partial charge in [-0.15, -0.1) is 0 Å². The Morgan fingerprint density at radius 1 is 1.03 bits per heavy atom. The lowest BCUT2D eigenvalue weighted by molar-refractivity contribution is -0.124. The van der Waals surface area contributed by atoms with Crippen LogP contribution in [0.1, 0.15) is 82.4 Å². The third kappa shape index (κ3) is 4.98. The highest BCUT2D eigenvalue weighted by atomic mass is 16.5. The summed E-state index contributed by atoms with van der Waals surface area (Å²) in [7, 11) is 1.68. The summed E-state index contributed by atoms with van der Waals surface area (Å²) in [6.07, 6.45) is 12.2. The number of hydrogen-bond donors (Lipinski definition) is 1. The summed E-state index contributed by atoms with van der Waals surface area (Å²) in [6.45, 7) is 10.2. The molecule has 2 aliphatic rings. The fourth-order valence-corrected chi connectivity index (χ4v) is 5.66. The van der Waals surface area contributed by atoms with E-state index < -0.39 is 5.66 Å². The lowest BCUT2D eigenvalue weighted by atomic mass is 9.74. The van der Waals surface area contributed by atoms with Gasteiger partial charge < -0.3 is 19.7 Å². The van der Waals surface area contributed by atoms with Crippen LogP contribution in [0.2, 0.25) is 0 Å². The highest BCUT2D eigenvalue weighted by Crippen LogP contribution is 2.52. The van der Waals surface area contributed by atoms with Gasteiger partial charge in [-0.3, -0.25) is 4.79 Å². The number of amides is 1. The molecule has 4 rings (SSSR count). The maximum atomic E-state index is 12.7. The Bertz CT molecular complexity index is 1110. The second kappa shape index (κ2) is 11.0. The molecule has 36 heavy (non-hydrogen) atoms. The number of aryl methyl sites for hydroxylation is 1. The van der Waals surface area contributed by atoms with Crippen LogP contribution in [0, 0.1) is 6.92 Å². The number of carbonyl (C=O) groups is 1. The van der Waals surface area contributed by atoms with Crippen molar-refractivity contribution in [3.05, 3.63) is 59.2 Å². The minimum absolute atomic E-state index is 0.0875. The number of fused-ring (bicyclic) bond motifs is 3. The second-order valence-corrected chi connectivity index (χ2v) is 10.7. The zero-order chi connectivity index (χ0) is 25.8. The molecule has 1 saturated heterocycles. The largest absolute Gasteiger partial charge is 0.493 e. The van der Waals surface area contributed by atoms with Gasteiger partial charge in [0.15, 0.2) is 11.5 Å².